The van der Waals surface area contributed by atoms with Crippen LogP contribution in [0, 0.1) is 23.7 Å². The maximum atomic E-state index is 15.4. The van der Waals surface area contributed by atoms with Gasteiger partial charge in [-0.15, -0.1) is 0 Å². The number of phenolic OH excluding ortho intramolecular Hbond substituents is 1. The summed E-state index contributed by atoms with van der Waals surface area (Å²) in [6.07, 6.45) is 2.29. The van der Waals surface area contributed by atoms with Crippen LogP contribution in [0.4, 0.5) is 28.4 Å². The molecule has 5 aromatic carbocycles. The number of amides is 4. The van der Waals surface area contributed by atoms with Gasteiger partial charge in [-0.2, -0.15) is 10.2 Å². The van der Waals surface area contributed by atoms with Gasteiger partial charge in [0, 0.05) is 41.3 Å². The summed E-state index contributed by atoms with van der Waals surface area (Å²) in [7, 11) is 3.92. The number of benzene rings is 5. The van der Waals surface area contributed by atoms with Gasteiger partial charge in [0.1, 0.15) is 5.75 Å². The molecule has 9 rings (SSSR count). The summed E-state index contributed by atoms with van der Waals surface area (Å²) in [5, 5.41) is 21.0. The lowest BCUT2D eigenvalue weighted by atomic mass is 9.49. The summed E-state index contributed by atoms with van der Waals surface area (Å²) in [5.74, 6) is -5.78. The minimum absolute atomic E-state index is 0.105. The van der Waals surface area contributed by atoms with Gasteiger partial charge in [-0.25, -0.2) is 4.90 Å². The first kappa shape index (κ1) is 37.5. The van der Waals surface area contributed by atoms with E-state index in [0.717, 1.165) is 5.69 Å². The minimum atomic E-state index is -1.54. The van der Waals surface area contributed by atoms with Crippen LogP contribution in [0.5, 0.6) is 5.75 Å². The van der Waals surface area contributed by atoms with E-state index in [2.05, 4.69) is 10.2 Å². The van der Waals surface area contributed by atoms with Crippen molar-refractivity contribution in [1.82, 2.24) is 0 Å². The Balaban J connectivity index is 1.12. The lowest BCUT2D eigenvalue weighted by molar-refractivity contribution is -0.127. The normalized spacial score (nSPS) is 25.2. The van der Waals surface area contributed by atoms with Gasteiger partial charge in [0.2, 0.25) is 23.6 Å². The number of anilines is 3. The van der Waals surface area contributed by atoms with Crippen LogP contribution in [0.1, 0.15) is 29.9 Å². The molecule has 6 atom stereocenters. The number of nitrogens with zero attached hydrogens (tertiary/aromatic N) is 5. The number of phenols is 1. The number of hydrogen-bond donors (Lipinski definition) is 1. The van der Waals surface area contributed by atoms with Crippen LogP contribution in [0.15, 0.2) is 143 Å². The molecule has 5 aromatic rings. The van der Waals surface area contributed by atoms with Crippen LogP contribution in [0.3, 0.4) is 0 Å². The molecule has 10 nitrogen and oxygen atoms in total. The van der Waals surface area contributed by atoms with Gasteiger partial charge in [0.05, 0.1) is 45.9 Å². The SMILES string of the molecule is CN(C)c1ccc(N=Nc2ccc(N3C(=O)C4CC=C5C(CC6C(=O)N(c7cccc(Cl)c7)C(=O)C6(c6ccccc6)C5c5cc(Cl)ccc5O)C4C3=O)cc2)cc1. The lowest BCUT2D eigenvalue weighted by Gasteiger charge is -2.50. The van der Waals surface area contributed by atoms with E-state index < -0.39 is 46.8 Å². The van der Waals surface area contributed by atoms with Crippen molar-refractivity contribution in [2.75, 3.05) is 28.8 Å². The number of aromatic hydroxyl groups is 1. The topological polar surface area (TPSA) is 123 Å². The third kappa shape index (κ3) is 5.84. The Kier molecular flexibility index (Phi) is 9.29. The van der Waals surface area contributed by atoms with E-state index in [4.69, 9.17) is 23.2 Å². The van der Waals surface area contributed by atoms with Crippen molar-refractivity contribution < 1.29 is 24.3 Å². The Bertz CT molecular complexity index is 2560. The zero-order valence-electron chi connectivity index (χ0n) is 31.5. The number of rotatable bonds is 7. The van der Waals surface area contributed by atoms with Gasteiger partial charge in [0.15, 0.2) is 0 Å². The smallest absolute Gasteiger partial charge is 0.246 e. The highest BCUT2D eigenvalue weighted by atomic mass is 35.5. The molecule has 290 valence electrons. The van der Waals surface area contributed by atoms with Gasteiger partial charge in [0.25, 0.3) is 0 Å². The maximum Gasteiger partial charge on any atom is 0.246 e. The summed E-state index contributed by atoms with van der Waals surface area (Å²) in [4.78, 5) is 63.8. The number of azo groups is 1. The third-order valence-electron chi connectivity index (χ3n) is 12.2. The van der Waals surface area contributed by atoms with E-state index in [9.17, 15) is 19.5 Å². The summed E-state index contributed by atoms with van der Waals surface area (Å²) in [5.41, 5.74) is 3.10. The average molecular weight is 811 g/mol. The fourth-order valence-corrected chi connectivity index (χ4v) is 10.1. The standard InChI is InChI=1S/C46H37Cl2N5O5/c1-51(2)31-16-12-29(13-17-31)49-50-30-14-18-32(19-15-30)52-42(55)35-21-20-34-36(40(35)44(52)57)25-38-43(56)53(33-10-6-9-27(47)23-33)45(58)46(38,26-7-4-3-5-8-26)41(34)37-24-28(48)11-22-39(37)54/h3-20,22-24,35-36,38,40-41,54H,21,25H2,1-2H3. The lowest BCUT2D eigenvalue weighted by Crippen LogP contribution is -2.53. The first-order valence-electron chi connectivity index (χ1n) is 19.0. The molecule has 6 unspecified atom stereocenters. The van der Waals surface area contributed by atoms with Crippen molar-refractivity contribution in [3.63, 3.8) is 0 Å². The fourth-order valence-electron chi connectivity index (χ4n) is 9.70. The Labute approximate surface area is 345 Å². The highest BCUT2D eigenvalue weighted by molar-refractivity contribution is 6.32. The summed E-state index contributed by atoms with van der Waals surface area (Å²) in [6, 6.07) is 34.8. The second-order valence-corrected chi connectivity index (χ2v) is 16.3. The number of carbonyl (C=O) groups excluding carboxylic acids is 4. The molecule has 2 saturated heterocycles. The molecule has 1 saturated carbocycles. The Morgan fingerprint density at radius 1 is 0.690 bits per heavy atom. The second-order valence-electron chi connectivity index (χ2n) is 15.4. The summed E-state index contributed by atoms with van der Waals surface area (Å²) < 4.78 is 0. The van der Waals surface area contributed by atoms with Crippen LogP contribution >= 0.6 is 23.2 Å². The molecule has 58 heavy (non-hydrogen) atoms. The third-order valence-corrected chi connectivity index (χ3v) is 12.7. The quantitative estimate of drug-likeness (QED) is 0.0993. The first-order chi connectivity index (χ1) is 28.0. The number of imide groups is 2. The fraction of sp³-hybridized carbons (Fsp3) is 0.217. The minimum Gasteiger partial charge on any atom is -0.508 e. The van der Waals surface area contributed by atoms with Gasteiger partial charge in [-0.1, -0.05) is 71.2 Å². The van der Waals surface area contributed by atoms with Gasteiger partial charge >= 0.3 is 0 Å². The molecular formula is C46H37Cl2N5O5. The molecule has 0 spiro atoms. The monoisotopic (exact) mass is 809 g/mol. The van der Waals surface area contributed by atoms with E-state index in [1.165, 1.54) is 15.9 Å². The van der Waals surface area contributed by atoms with Crippen LogP contribution in [0.25, 0.3) is 0 Å². The van der Waals surface area contributed by atoms with Crippen molar-refractivity contribution in [3.8, 4) is 5.75 Å². The molecule has 0 bridgehead atoms. The molecule has 4 aliphatic rings. The number of carbonyl (C=O) groups is 4. The molecular weight excluding hydrogens is 773 g/mol. The maximum absolute atomic E-state index is 15.4. The van der Waals surface area contributed by atoms with Gasteiger partial charge in [-0.3, -0.25) is 24.1 Å². The number of fused-ring (bicyclic) bond motifs is 4. The summed E-state index contributed by atoms with van der Waals surface area (Å²) in [6.45, 7) is 0. The number of hydrogen-bond acceptors (Lipinski definition) is 8. The predicted octanol–water partition coefficient (Wildman–Crippen LogP) is 9.55. The molecule has 12 heteroatoms. The number of allylic oxidation sites excluding steroid dienone is 2. The van der Waals surface area contributed by atoms with Crippen LogP contribution in [-0.2, 0) is 24.6 Å². The molecule has 2 aliphatic carbocycles. The van der Waals surface area contributed by atoms with Crippen molar-refractivity contribution in [2.24, 2.45) is 33.9 Å². The van der Waals surface area contributed by atoms with Gasteiger partial charge in [-0.05, 0) is 109 Å². The first-order valence-corrected chi connectivity index (χ1v) is 19.8. The average Bonchev–Trinajstić information content (AvgIpc) is 3.62. The molecule has 3 fully saturated rings. The zero-order valence-corrected chi connectivity index (χ0v) is 33.0. The van der Waals surface area contributed by atoms with Crippen molar-refractivity contribution >= 4 is 75.3 Å². The largest absolute Gasteiger partial charge is 0.508 e. The van der Waals surface area contributed by atoms with Crippen LogP contribution in [-0.4, -0.2) is 42.8 Å². The second kappa shape index (κ2) is 14.4. The molecule has 1 N–H and O–H groups in total. The van der Waals surface area contributed by atoms with Crippen LogP contribution in [0.2, 0.25) is 10.0 Å². The zero-order chi connectivity index (χ0) is 40.5. The van der Waals surface area contributed by atoms with E-state index in [1.54, 1.807) is 60.7 Å². The predicted molar refractivity (Wildman–Crippen MR) is 223 cm³/mol. The van der Waals surface area contributed by atoms with Crippen molar-refractivity contribution in [1.29, 1.82) is 0 Å². The molecule has 0 aromatic heterocycles. The summed E-state index contributed by atoms with van der Waals surface area (Å²) >= 11 is 13.0. The Morgan fingerprint density at radius 3 is 2.03 bits per heavy atom. The van der Waals surface area contributed by atoms with E-state index in [-0.39, 0.29) is 30.4 Å². The highest BCUT2D eigenvalue weighted by Gasteiger charge is 2.70. The number of halogens is 2. The van der Waals surface area contributed by atoms with Crippen molar-refractivity contribution in [2.45, 2.75) is 24.2 Å². The van der Waals surface area contributed by atoms with Crippen LogP contribution < -0.4 is 14.7 Å². The molecule has 2 heterocycles. The van der Waals surface area contributed by atoms with Gasteiger partial charge < -0.3 is 10.0 Å². The molecule has 0 radical (unpaired) electrons. The van der Waals surface area contributed by atoms with E-state index >= 15 is 4.79 Å². The van der Waals surface area contributed by atoms with E-state index in [1.807, 2.05) is 79.7 Å². The van der Waals surface area contributed by atoms with E-state index in [0.29, 0.717) is 49.5 Å². The van der Waals surface area contributed by atoms with Crippen molar-refractivity contribution in [3.05, 3.63) is 154 Å². The Morgan fingerprint density at radius 2 is 1.36 bits per heavy atom. The Hall–Kier alpha value is -6.10. The highest BCUT2D eigenvalue weighted by Crippen LogP contribution is 2.65. The molecule has 2 aliphatic heterocycles. The molecule has 4 amide bonds.